The summed E-state index contributed by atoms with van der Waals surface area (Å²) in [4.78, 5) is 20.4. The molecule has 6 rings (SSSR count). The molecule has 2 aliphatic heterocycles. The number of benzene rings is 3. The summed E-state index contributed by atoms with van der Waals surface area (Å²) < 4.78 is 0. The molecule has 0 N–H and O–H groups in total. The molecule has 0 bridgehead atoms. The van der Waals surface area contributed by atoms with Crippen LogP contribution >= 0.6 is 0 Å². The molecule has 0 saturated carbocycles. The van der Waals surface area contributed by atoms with Gasteiger partial charge in [-0.3, -0.25) is 4.79 Å². The molecule has 210 valence electrons. The van der Waals surface area contributed by atoms with Crippen LogP contribution in [0.25, 0.3) is 0 Å². The molecule has 1 aliphatic carbocycles. The fourth-order valence-electron chi connectivity index (χ4n) is 8.53. The molecule has 3 aromatic carbocycles. The summed E-state index contributed by atoms with van der Waals surface area (Å²) in [6.07, 6.45) is 4.54. The van der Waals surface area contributed by atoms with E-state index in [0.717, 1.165) is 38.8 Å². The number of anilines is 2. The minimum absolute atomic E-state index is 0.103. The lowest BCUT2D eigenvalue weighted by atomic mass is 9.70. The number of hydrogen-bond acceptors (Lipinski definition) is 3. The minimum Gasteiger partial charge on any atom is -0.366 e. The maximum absolute atomic E-state index is 15.2. The van der Waals surface area contributed by atoms with E-state index in [9.17, 15) is 0 Å². The lowest BCUT2D eigenvalue weighted by Crippen LogP contribution is -2.51. The Bertz CT molecular complexity index is 1300. The van der Waals surface area contributed by atoms with Gasteiger partial charge in [-0.15, -0.1) is 0 Å². The third kappa shape index (κ3) is 3.87. The topological polar surface area (TPSA) is 23.6 Å². The van der Waals surface area contributed by atoms with Crippen molar-refractivity contribution in [2.24, 2.45) is 0 Å². The summed E-state index contributed by atoms with van der Waals surface area (Å²) in [6.45, 7) is 16.0. The number of ketones is 1. The first-order chi connectivity index (χ1) is 19.2. The number of Topliss-reactive ketones (excluding diaryl/α,β-unsaturated/α-hetero) is 1. The lowest BCUT2D eigenvalue weighted by Gasteiger charge is -2.41. The van der Waals surface area contributed by atoms with E-state index in [1.807, 2.05) is 0 Å². The third-order valence-electron chi connectivity index (χ3n) is 10.4. The normalized spacial score (nSPS) is 25.7. The highest BCUT2D eigenvalue weighted by Crippen LogP contribution is 2.58. The van der Waals surface area contributed by atoms with E-state index in [1.54, 1.807) is 0 Å². The van der Waals surface area contributed by atoms with Gasteiger partial charge in [0.05, 0.1) is 23.9 Å². The molecule has 40 heavy (non-hydrogen) atoms. The van der Waals surface area contributed by atoms with Gasteiger partial charge in [0.1, 0.15) is 0 Å². The van der Waals surface area contributed by atoms with Gasteiger partial charge in [0.15, 0.2) is 5.78 Å². The number of nitrogens with zero attached hydrogens (tertiary/aromatic N) is 2. The van der Waals surface area contributed by atoms with Crippen molar-refractivity contribution < 1.29 is 4.79 Å². The summed E-state index contributed by atoms with van der Waals surface area (Å²) in [6, 6.07) is 26.8. The van der Waals surface area contributed by atoms with Crippen molar-refractivity contribution in [2.75, 3.05) is 22.9 Å². The first-order valence-electron chi connectivity index (χ1n) is 15.6. The van der Waals surface area contributed by atoms with E-state index in [2.05, 4.69) is 124 Å². The Morgan fingerprint density at radius 2 is 0.975 bits per heavy atom. The van der Waals surface area contributed by atoms with E-state index in [-0.39, 0.29) is 34.7 Å². The molecule has 0 amide bonds. The summed E-state index contributed by atoms with van der Waals surface area (Å²) >= 11 is 0. The predicted octanol–water partition coefficient (Wildman–Crippen LogP) is 8.37. The Morgan fingerprint density at radius 3 is 1.38 bits per heavy atom. The first kappa shape index (κ1) is 27.1. The monoisotopic (exact) mass is 534 g/mol. The van der Waals surface area contributed by atoms with Gasteiger partial charge in [0, 0.05) is 35.3 Å². The number of carbonyl (C=O) groups excluding carboxylic acids is 1. The van der Waals surface area contributed by atoms with Crippen LogP contribution in [0.5, 0.6) is 0 Å². The largest absolute Gasteiger partial charge is 0.366 e. The highest BCUT2D eigenvalue weighted by molar-refractivity contribution is 6.00. The van der Waals surface area contributed by atoms with Gasteiger partial charge in [-0.2, -0.15) is 0 Å². The maximum atomic E-state index is 15.2. The van der Waals surface area contributed by atoms with E-state index in [1.165, 1.54) is 33.6 Å². The molecule has 0 spiro atoms. The second kappa shape index (κ2) is 10.1. The number of para-hydroxylation sites is 2. The summed E-state index contributed by atoms with van der Waals surface area (Å²) in [7, 11) is 0. The second-order valence-electron chi connectivity index (χ2n) is 13.4. The SMILES string of the molecule is CCCCN1c2ccccc2C(C)(C)C1C1C(=O)C(C2N(CCCC)c3ccccc3C2(C)C)c2ccccc21. The molecule has 3 heteroatoms. The Balaban J connectivity index is 1.49. The van der Waals surface area contributed by atoms with Gasteiger partial charge in [0.2, 0.25) is 0 Å². The second-order valence-corrected chi connectivity index (χ2v) is 13.4. The molecule has 3 aromatic rings. The van der Waals surface area contributed by atoms with Crippen LogP contribution in [0.15, 0.2) is 72.8 Å². The zero-order chi connectivity index (χ0) is 28.2. The molecule has 0 fully saturated rings. The van der Waals surface area contributed by atoms with E-state index >= 15 is 4.79 Å². The zero-order valence-electron chi connectivity index (χ0n) is 25.3. The molecular weight excluding hydrogens is 488 g/mol. The highest BCUT2D eigenvalue weighted by Gasteiger charge is 2.59. The van der Waals surface area contributed by atoms with Gasteiger partial charge in [-0.1, -0.05) is 115 Å². The molecule has 4 unspecified atom stereocenters. The van der Waals surface area contributed by atoms with Crippen LogP contribution in [0.4, 0.5) is 11.4 Å². The third-order valence-corrected chi connectivity index (χ3v) is 10.4. The van der Waals surface area contributed by atoms with Gasteiger partial charge >= 0.3 is 0 Å². The first-order valence-corrected chi connectivity index (χ1v) is 15.6. The fourth-order valence-corrected chi connectivity index (χ4v) is 8.53. The van der Waals surface area contributed by atoms with Crippen molar-refractivity contribution in [3.63, 3.8) is 0 Å². The average Bonchev–Trinajstić information content (AvgIpc) is 3.45. The molecule has 0 radical (unpaired) electrons. The quantitative estimate of drug-likeness (QED) is 0.290. The van der Waals surface area contributed by atoms with Crippen LogP contribution in [-0.2, 0) is 15.6 Å². The molecule has 4 atom stereocenters. The van der Waals surface area contributed by atoms with Crippen molar-refractivity contribution in [1.29, 1.82) is 0 Å². The van der Waals surface area contributed by atoms with E-state index in [0.29, 0.717) is 5.78 Å². The minimum atomic E-state index is -0.145. The van der Waals surface area contributed by atoms with Crippen LogP contribution in [0.2, 0.25) is 0 Å². The lowest BCUT2D eigenvalue weighted by molar-refractivity contribution is -0.122. The zero-order valence-corrected chi connectivity index (χ0v) is 25.3. The molecule has 0 aromatic heterocycles. The average molecular weight is 535 g/mol. The van der Waals surface area contributed by atoms with Crippen LogP contribution < -0.4 is 9.80 Å². The molecule has 2 heterocycles. The van der Waals surface area contributed by atoms with Gasteiger partial charge < -0.3 is 9.80 Å². The molecule has 3 aliphatic rings. The van der Waals surface area contributed by atoms with Crippen LogP contribution in [0, 0.1) is 0 Å². The summed E-state index contributed by atoms with van der Waals surface area (Å²) in [5, 5.41) is 0. The molecule has 3 nitrogen and oxygen atoms in total. The maximum Gasteiger partial charge on any atom is 0.151 e. The predicted molar refractivity (Wildman–Crippen MR) is 168 cm³/mol. The van der Waals surface area contributed by atoms with Gasteiger partial charge in [-0.05, 0) is 47.2 Å². The van der Waals surface area contributed by atoms with Gasteiger partial charge in [-0.25, -0.2) is 0 Å². The van der Waals surface area contributed by atoms with Crippen molar-refractivity contribution in [3.05, 3.63) is 95.1 Å². The van der Waals surface area contributed by atoms with Crippen molar-refractivity contribution >= 4 is 17.2 Å². The number of hydrogen-bond donors (Lipinski definition) is 0. The van der Waals surface area contributed by atoms with Crippen LogP contribution in [0.3, 0.4) is 0 Å². The Hall–Kier alpha value is -3.07. The van der Waals surface area contributed by atoms with Gasteiger partial charge in [0.25, 0.3) is 0 Å². The number of fused-ring (bicyclic) bond motifs is 3. The number of carbonyl (C=O) groups is 1. The Labute approximate surface area is 241 Å². The molecular formula is C37H46N2O. The van der Waals surface area contributed by atoms with Crippen LogP contribution in [0.1, 0.15) is 101 Å². The van der Waals surface area contributed by atoms with E-state index in [4.69, 9.17) is 0 Å². The summed E-state index contributed by atoms with van der Waals surface area (Å²) in [5.41, 5.74) is 7.63. The number of unbranched alkanes of at least 4 members (excludes halogenated alkanes) is 2. The Kier molecular flexibility index (Phi) is 6.84. The fraction of sp³-hybridized carbons (Fsp3) is 0.486. The van der Waals surface area contributed by atoms with Crippen molar-refractivity contribution in [3.8, 4) is 0 Å². The van der Waals surface area contributed by atoms with Crippen LogP contribution in [-0.4, -0.2) is 31.0 Å². The van der Waals surface area contributed by atoms with E-state index < -0.39 is 0 Å². The Morgan fingerprint density at radius 1 is 0.600 bits per heavy atom. The summed E-state index contributed by atoms with van der Waals surface area (Å²) in [5.74, 6) is 0.127. The highest BCUT2D eigenvalue weighted by atomic mass is 16.1. The van der Waals surface area contributed by atoms with Crippen molar-refractivity contribution in [1.82, 2.24) is 0 Å². The smallest absolute Gasteiger partial charge is 0.151 e. The molecule has 0 saturated heterocycles. The van der Waals surface area contributed by atoms with Crippen molar-refractivity contribution in [2.45, 2.75) is 102 Å². The number of rotatable bonds is 8. The standard InChI is InChI=1S/C37H46N2O/c1-7-9-23-38-29-21-15-13-19-27(29)36(3,4)34(38)31-25-17-11-12-18-26(25)32(33(31)40)35-37(5,6)28-20-14-16-22-30(28)39(35)24-10-8-2/h11-22,31-32,34-35H,7-10,23-24H2,1-6H3.